The molecule has 90 valence electrons. The van der Waals surface area contributed by atoms with Crippen molar-refractivity contribution < 1.29 is 13.9 Å². The van der Waals surface area contributed by atoms with Crippen LogP contribution in [-0.2, 0) is 14.9 Å². The first kappa shape index (κ1) is 13.2. The van der Waals surface area contributed by atoms with Crippen molar-refractivity contribution in [3.63, 3.8) is 0 Å². The molecule has 1 aromatic rings. The van der Waals surface area contributed by atoms with Gasteiger partial charge in [0.25, 0.3) is 0 Å². The smallest absolute Gasteiger partial charge is 0.315 e. The van der Waals surface area contributed by atoms with E-state index in [2.05, 4.69) is 0 Å². The fraction of sp³-hybridized carbons (Fsp3) is 0.385. The molecule has 0 aromatic heterocycles. The Morgan fingerprint density at radius 2 is 2.12 bits per heavy atom. The van der Waals surface area contributed by atoms with E-state index in [1.54, 1.807) is 20.8 Å². The first-order valence-corrected chi connectivity index (χ1v) is 5.30. The van der Waals surface area contributed by atoms with E-state index in [1.165, 1.54) is 12.1 Å². The molecule has 4 heteroatoms. The highest BCUT2D eigenvalue weighted by Crippen LogP contribution is 2.26. The minimum absolute atomic E-state index is 0.192. The van der Waals surface area contributed by atoms with E-state index in [-0.39, 0.29) is 12.2 Å². The lowest BCUT2D eigenvalue weighted by Crippen LogP contribution is -2.31. The second kappa shape index (κ2) is 4.96. The monoisotopic (exact) mass is 235 g/mol. The number of nitrogens with zero attached hydrogens (tertiary/aromatic N) is 1. The molecule has 17 heavy (non-hydrogen) atoms. The van der Waals surface area contributed by atoms with Gasteiger partial charge in [0.1, 0.15) is 5.82 Å². The van der Waals surface area contributed by atoms with E-state index < -0.39 is 17.2 Å². The van der Waals surface area contributed by atoms with E-state index in [9.17, 15) is 9.18 Å². The van der Waals surface area contributed by atoms with Gasteiger partial charge in [0.15, 0.2) is 0 Å². The first-order valence-electron chi connectivity index (χ1n) is 5.30. The second-order valence-corrected chi connectivity index (χ2v) is 4.19. The van der Waals surface area contributed by atoms with Gasteiger partial charge in [-0.25, -0.2) is 4.39 Å². The molecule has 0 saturated heterocycles. The number of hydrogen-bond acceptors (Lipinski definition) is 3. The van der Waals surface area contributed by atoms with Gasteiger partial charge in [-0.1, -0.05) is 0 Å². The molecule has 0 aliphatic rings. The van der Waals surface area contributed by atoms with Gasteiger partial charge in [-0.3, -0.25) is 4.79 Å². The highest BCUT2D eigenvalue weighted by Gasteiger charge is 2.32. The van der Waals surface area contributed by atoms with Crippen LogP contribution in [0.15, 0.2) is 18.2 Å². The molecule has 0 heterocycles. The predicted molar refractivity (Wildman–Crippen MR) is 60.8 cm³/mol. The fourth-order valence-electron chi connectivity index (χ4n) is 1.44. The van der Waals surface area contributed by atoms with E-state index in [0.29, 0.717) is 5.56 Å². The topological polar surface area (TPSA) is 50.1 Å². The highest BCUT2D eigenvalue weighted by molar-refractivity contribution is 5.82. The number of carbonyl (C=O) groups is 1. The van der Waals surface area contributed by atoms with Gasteiger partial charge in [-0.15, -0.1) is 0 Å². The zero-order valence-electron chi connectivity index (χ0n) is 10.1. The molecule has 0 amide bonds. The number of carbonyl (C=O) groups excluding carboxylic acids is 1. The van der Waals surface area contributed by atoms with Gasteiger partial charge in [0.05, 0.1) is 23.7 Å². The van der Waals surface area contributed by atoms with Crippen molar-refractivity contribution in [2.45, 2.75) is 26.2 Å². The summed E-state index contributed by atoms with van der Waals surface area (Å²) in [5, 5.41) is 8.76. The second-order valence-electron chi connectivity index (χ2n) is 4.19. The van der Waals surface area contributed by atoms with Gasteiger partial charge in [-0.2, -0.15) is 5.26 Å². The Balaban J connectivity index is 3.19. The SMILES string of the molecule is CCOC(=O)C(C)(C)c1cc(F)cc(C#N)c1. The molecule has 0 spiro atoms. The minimum Gasteiger partial charge on any atom is -0.465 e. The Bertz CT molecular complexity index is 475. The molecule has 1 rings (SSSR count). The van der Waals surface area contributed by atoms with E-state index >= 15 is 0 Å². The fourth-order valence-corrected chi connectivity index (χ4v) is 1.44. The number of esters is 1. The molecule has 0 radical (unpaired) electrons. The number of nitriles is 1. The van der Waals surface area contributed by atoms with Crippen molar-refractivity contribution in [1.82, 2.24) is 0 Å². The molecule has 0 N–H and O–H groups in total. The maximum atomic E-state index is 13.3. The van der Waals surface area contributed by atoms with Crippen LogP contribution in [0.2, 0.25) is 0 Å². The van der Waals surface area contributed by atoms with Crippen molar-refractivity contribution in [3.05, 3.63) is 35.1 Å². The quantitative estimate of drug-likeness (QED) is 0.756. The van der Waals surface area contributed by atoms with Crippen LogP contribution in [-0.4, -0.2) is 12.6 Å². The van der Waals surface area contributed by atoms with Gasteiger partial charge in [-0.05, 0) is 44.5 Å². The summed E-state index contributed by atoms with van der Waals surface area (Å²) in [5.41, 5.74) is -0.339. The van der Waals surface area contributed by atoms with E-state index in [1.807, 2.05) is 6.07 Å². The van der Waals surface area contributed by atoms with Crippen molar-refractivity contribution in [3.8, 4) is 6.07 Å². The van der Waals surface area contributed by atoms with Crippen LogP contribution in [0, 0.1) is 17.1 Å². The molecular formula is C13H14FNO2. The Morgan fingerprint density at radius 1 is 1.47 bits per heavy atom. The Hall–Kier alpha value is -1.89. The summed E-state index contributed by atoms with van der Waals surface area (Å²) in [6.45, 7) is 5.25. The van der Waals surface area contributed by atoms with Crippen LogP contribution in [0.5, 0.6) is 0 Å². The molecule has 0 fully saturated rings. The minimum atomic E-state index is -0.969. The summed E-state index contributed by atoms with van der Waals surface area (Å²) >= 11 is 0. The molecule has 3 nitrogen and oxygen atoms in total. The lowest BCUT2D eigenvalue weighted by molar-refractivity contribution is -0.148. The Kier molecular flexibility index (Phi) is 3.84. The summed E-state index contributed by atoms with van der Waals surface area (Å²) in [4.78, 5) is 11.7. The maximum Gasteiger partial charge on any atom is 0.315 e. The summed E-state index contributed by atoms with van der Waals surface area (Å²) in [7, 11) is 0. The summed E-state index contributed by atoms with van der Waals surface area (Å²) in [6.07, 6.45) is 0. The first-order chi connectivity index (χ1) is 7.91. The lowest BCUT2D eigenvalue weighted by Gasteiger charge is -2.23. The van der Waals surface area contributed by atoms with Gasteiger partial charge in [0.2, 0.25) is 0 Å². The zero-order valence-corrected chi connectivity index (χ0v) is 10.1. The van der Waals surface area contributed by atoms with Crippen LogP contribution >= 0.6 is 0 Å². The van der Waals surface area contributed by atoms with Crippen LogP contribution in [0.4, 0.5) is 4.39 Å². The summed E-state index contributed by atoms with van der Waals surface area (Å²) in [5.74, 6) is -0.967. The van der Waals surface area contributed by atoms with Gasteiger partial charge >= 0.3 is 5.97 Å². The lowest BCUT2D eigenvalue weighted by atomic mass is 9.84. The third kappa shape index (κ3) is 2.82. The molecule has 0 aliphatic carbocycles. The molecule has 1 aromatic carbocycles. The predicted octanol–water partition coefficient (Wildman–Crippen LogP) is 2.54. The van der Waals surface area contributed by atoms with E-state index in [4.69, 9.17) is 10.00 Å². The molecular weight excluding hydrogens is 221 g/mol. The van der Waals surface area contributed by atoms with Crippen LogP contribution < -0.4 is 0 Å². The average molecular weight is 235 g/mol. The third-order valence-electron chi connectivity index (χ3n) is 2.53. The number of halogens is 1. The molecule has 0 saturated carbocycles. The van der Waals surface area contributed by atoms with Gasteiger partial charge < -0.3 is 4.74 Å². The number of hydrogen-bond donors (Lipinski definition) is 0. The molecule has 0 atom stereocenters. The average Bonchev–Trinajstić information content (AvgIpc) is 2.28. The highest BCUT2D eigenvalue weighted by atomic mass is 19.1. The zero-order chi connectivity index (χ0) is 13.1. The van der Waals surface area contributed by atoms with Crippen LogP contribution in [0.3, 0.4) is 0 Å². The number of benzene rings is 1. The Morgan fingerprint density at radius 3 is 2.65 bits per heavy atom. The number of ether oxygens (including phenoxy) is 1. The molecule has 0 unspecified atom stereocenters. The normalized spacial score (nSPS) is 10.8. The largest absolute Gasteiger partial charge is 0.465 e. The van der Waals surface area contributed by atoms with Crippen LogP contribution in [0.25, 0.3) is 0 Å². The van der Waals surface area contributed by atoms with Crippen molar-refractivity contribution in [2.24, 2.45) is 0 Å². The third-order valence-corrected chi connectivity index (χ3v) is 2.53. The standard InChI is InChI=1S/C13H14FNO2/c1-4-17-12(16)13(2,3)10-5-9(8-15)6-11(14)7-10/h5-7H,4H2,1-3H3. The van der Waals surface area contributed by atoms with Crippen molar-refractivity contribution in [1.29, 1.82) is 5.26 Å². The Labute approximate surface area is 99.8 Å². The van der Waals surface area contributed by atoms with Crippen molar-refractivity contribution in [2.75, 3.05) is 6.61 Å². The maximum absolute atomic E-state index is 13.3. The summed E-state index contributed by atoms with van der Waals surface area (Å²) in [6, 6.07) is 5.74. The molecule has 0 bridgehead atoms. The molecule has 0 aliphatic heterocycles. The van der Waals surface area contributed by atoms with E-state index in [0.717, 1.165) is 6.07 Å². The van der Waals surface area contributed by atoms with Gasteiger partial charge in [0, 0.05) is 0 Å². The number of rotatable bonds is 3. The van der Waals surface area contributed by atoms with Crippen LogP contribution in [0.1, 0.15) is 31.9 Å². The summed E-state index contributed by atoms with van der Waals surface area (Å²) < 4.78 is 18.2. The van der Waals surface area contributed by atoms with Crippen molar-refractivity contribution >= 4 is 5.97 Å².